The topological polar surface area (TPSA) is 84.9 Å². The summed E-state index contributed by atoms with van der Waals surface area (Å²) < 4.78 is 11.1. The molecule has 7 heteroatoms. The predicted molar refractivity (Wildman–Crippen MR) is 151 cm³/mol. The fourth-order valence-corrected chi connectivity index (χ4v) is 4.99. The minimum absolute atomic E-state index is 0.0204. The summed E-state index contributed by atoms with van der Waals surface area (Å²) in [4.78, 5) is 25.1. The van der Waals surface area contributed by atoms with E-state index >= 15 is 0 Å². The molecule has 0 aromatic heterocycles. The van der Waals surface area contributed by atoms with Gasteiger partial charge in [0.2, 0.25) is 5.91 Å². The van der Waals surface area contributed by atoms with Gasteiger partial charge in [0.05, 0.1) is 26.7 Å². The van der Waals surface area contributed by atoms with Gasteiger partial charge in [-0.15, -0.1) is 0 Å². The van der Waals surface area contributed by atoms with E-state index in [9.17, 15) is 14.7 Å². The van der Waals surface area contributed by atoms with E-state index in [1.807, 2.05) is 61.5 Å². The lowest BCUT2D eigenvalue weighted by Crippen LogP contribution is -2.31. The molecular formula is C31H28BrNO5. The number of benzene rings is 4. The molecule has 4 rings (SSSR count). The minimum Gasteiger partial charge on any atom is -0.497 e. The van der Waals surface area contributed by atoms with Crippen LogP contribution in [-0.2, 0) is 11.2 Å². The van der Waals surface area contributed by atoms with Crippen LogP contribution in [0.15, 0.2) is 89.4 Å². The number of hydrogen-bond acceptors (Lipinski definition) is 4. The third kappa shape index (κ3) is 5.89. The largest absolute Gasteiger partial charge is 0.497 e. The quantitative estimate of drug-likeness (QED) is 0.236. The van der Waals surface area contributed by atoms with Crippen LogP contribution in [0.1, 0.15) is 38.7 Å². The van der Waals surface area contributed by atoms with Gasteiger partial charge in [-0.05, 0) is 64.6 Å². The molecule has 4 aromatic carbocycles. The van der Waals surface area contributed by atoms with Crippen LogP contribution in [0.4, 0.5) is 0 Å². The maximum Gasteiger partial charge on any atom is 0.339 e. The Morgan fingerprint density at radius 2 is 1.63 bits per heavy atom. The number of halogens is 1. The number of amides is 1. The average Bonchev–Trinajstić information content (AvgIpc) is 2.93. The van der Waals surface area contributed by atoms with E-state index in [4.69, 9.17) is 9.47 Å². The van der Waals surface area contributed by atoms with Crippen LogP contribution in [0.25, 0.3) is 11.1 Å². The van der Waals surface area contributed by atoms with Crippen LogP contribution in [0.5, 0.6) is 11.5 Å². The van der Waals surface area contributed by atoms with Crippen molar-refractivity contribution in [3.8, 4) is 22.6 Å². The van der Waals surface area contributed by atoms with Gasteiger partial charge in [0.1, 0.15) is 17.1 Å². The lowest BCUT2D eigenvalue weighted by molar-refractivity contribution is -0.120. The first-order valence-corrected chi connectivity index (χ1v) is 12.8. The second kappa shape index (κ2) is 12.0. The summed E-state index contributed by atoms with van der Waals surface area (Å²) in [6.45, 7) is 2.04. The van der Waals surface area contributed by atoms with E-state index in [-0.39, 0.29) is 23.6 Å². The van der Waals surface area contributed by atoms with Gasteiger partial charge in [-0.1, -0.05) is 76.6 Å². The first-order valence-electron chi connectivity index (χ1n) is 12.0. The number of rotatable bonds is 9. The molecule has 6 nitrogen and oxygen atoms in total. The van der Waals surface area contributed by atoms with E-state index in [0.717, 1.165) is 33.6 Å². The van der Waals surface area contributed by atoms with Crippen LogP contribution < -0.4 is 14.8 Å². The number of aryl methyl sites for hydroxylation is 1. The van der Waals surface area contributed by atoms with E-state index in [2.05, 4.69) is 39.4 Å². The molecule has 194 valence electrons. The number of carbonyl (C=O) groups excluding carboxylic acids is 1. The molecule has 1 amide bonds. The van der Waals surface area contributed by atoms with Crippen molar-refractivity contribution >= 4 is 27.8 Å². The standard InChI is InChI=1S/C31H28BrNO5/c1-19-8-7-11-24(20-9-5-4-6-10-20)29(19)30(21-12-14-23(37-2)15-13-21)33-28(34)17-22-16-27(38-3)25(31(35)36)18-26(22)32/h4-16,18,30H,17H2,1-3H3,(H,33,34)(H,35,36). The van der Waals surface area contributed by atoms with Gasteiger partial charge in [-0.2, -0.15) is 0 Å². The van der Waals surface area contributed by atoms with Gasteiger partial charge in [0.15, 0.2) is 0 Å². The smallest absolute Gasteiger partial charge is 0.339 e. The van der Waals surface area contributed by atoms with Gasteiger partial charge in [-0.25, -0.2) is 4.79 Å². The Bertz CT molecular complexity index is 1450. The zero-order valence-electron chi connectivity index (χ0n) is 21.3. The summed E-state index contributed by atoms with van der Waals surface area (Å²) in [7, 11) is 3.02. The van der Waals surface area contributed by atoms with Crippen LogP contribution in [0.3, 0.4) is 0 Å². The highest BCUT2D eigenvalue weighted by atomic mass is 79.9. The number of carboxylic acid groups (broad SMARTS) is 1. The normalized spacial score (nSPS) is 11.5. The van der Waals surface area contributed by atoms with E-state index in [0.29, 0.717) is 10.0 Å². The van der Waals surface area contributed by atoms with Gasteiger partial charge in [0.25, 0.3) is 0 Å². The Balaban J connectivity index is 1.75. The van der Waals surface area contributed by atoms with Crippen molar-refractivity contribution in [1.82, 2.24) is 5.32 Å². The van der Waals surface area contributed by atoms with Crippen molar-refractivity contribution < 1.29 is 24.2 Å². The minimum atomic E-state index is -1.11. The van der Waals surface area contributed by atoms with Crippen molar-refractivity contribution in [2.45, 2.75) is 19.4 Å². The number of nitrogens with one attached hydrogen (secondary N) is 1. The summed E-state index contributed by atoms with van der Waals surface area (Å²) in [6.07, 6.45) is 0.0239. The van der Waals surface area contributed by atoms with Crippen molar-refractivity contribution in [2.24, 2.45) is 0 Å². The van der Waals surface area contributed by atoms with E-state index in [1.54, 1.807) is 13.2 Å². The fraction of sp³-hybridized carbons (Fsp3) is 0.161. The number of hydrogen-bond donors (Lipinski definition) is 2. The highest BCUT2D eigenvalue weighted by Crippen LogP contribution is 2.35. The summed E-state index contributed by atoms with van der Waals surface area (Å²) in [5, 5.41) is 12.7. The van der Waals surface area contributed by atoms with Crippen molar-refractivity contribution in [2.75, 3.05) is 14.2 Å². The first kappa shape index (κ1) is 26.9. The van der Waals surface area contributed by atoms with Crippen LogP contribution in [0.2, 0.25) is 0 Å². The van der Waals surface area contributed by atoms with Crippen LogP contribution >= 0.6 is 15.9 Å². The zero-order valence-corrected chi connectivity index (χ0v) is 22.9. The molecule has 1 unspecified atom stereocenters. The number of ether oxygens (including phenoxy) is 2. The van der Waals surface area contributed by atoms with E-state index in [1.165, 1.54) is 13.2 Å². The average molecular weight is 574 g/mol. The summed E-state index contributed by atoms with van der Waals surface area (Å²) in [5.74, 6) is -0.410. The molecular weight excluding hydrogens is 546 g/mol. The molecule has 0 bridgehead atoms. The number of aromatic carboxylic acids is 1. The second-order valence-electron chi connectivity index (χ2n) is 8.80. The molecule has 1 atom stereocenters. The maximum atomic E-state index is 13.5. The molecule has 0 radical (unpaired) electrons. The van der Waals surface area contributed by atoms with Crippen molar-refractivity contribution in [3.05, 3.63) is 117 Å². The first-order chi connectivity index (χ1) is 18.3. The predicted octanol–water partition coefficient (Wildman–Crippen LogP) is 6.59. The number of carboxylic acids is 1. The monoisotopic (exact) mass is 573 g/mol. The summed E-state index contributed by atoms with van der Waals surface area (Å²) in [6, 6.07) is 26.4. The Hall–Kier alpha value is -4.10. The van der Waals surface area contributed by atoms with Gasteiger partial charge in [0, 0.05) is 4.47 Å². The van der Waals surface area contributed by atoms with E-state index < -0.39 is 12.0 Å². The van der Waals surface area contributed by atoms with Gasteiger partial charge in [-0.3, -0.25) is 4.79 Å². The highest BCUT2D eigenvalue weighted by molar-refractivity contribution is 9.10. The van der Waals surface area contributed by atoms with Gasteiger partial charge < -0.3 is 19.9 Å². The molecule has 0 aliphatic rings. The second-order valence-corrected chi connectivity index (χ2v) is 9.66. The number of carbonyl (C=O) groups is 2. The Labute approximate surface area is 230 Å². The molecule has 0 aliphatic carbocycles. The maximum absolute atomic E-state index is 13.5. The molecule has 0 heterocycles. The molecule has 2 N–H and O–H groups in total. The third-order valence-electron chi connectivity index (χ3n) is 6.40. The third-order valence-corrected chi connectivity index (χ3v) is 7.14. The molecule has 4 aromatic rings. The lowest BCUT2D eigenvalue weighted by atomic mass is 9.87. The van der Waals surface area contributed by atoms with Crippen molar-refractivity contribution in [1.29, 1.82) is 0 Å². The fourth-order valence-electron chi connectivity index (χ4n) is 4.50. The molecule has 0 saturated carbocycles. The zero-order chi connectivity index (χ0) is 27.2. The molecule has 0 spiro atoms. The van der Waals surface area contributed by atoms with Crippen LogP contribution in [-0.4, -0.2) is 31.2 Å². The molecule has 0 saturated heterocycles. The summed E-state index contributed by atoms with van der Waals surface area (Å²) in [5.41, 5.74) is 5.66. The molecule has 0 aliphatic heterocycles. The summed E-state index contributed by atoms with van der Waals surface area (Å²) >= 11 is 3.42. The van der Waals surface area contributed by atoms with Gasteiger partial charge >= 0.3 is 5.97 Å². The lowest BCUT2D eigenvalue weighted by Gasteiger charge is -2.25. The number of methoxy groups -OCH3 is 2. The SMILES string of the molecule is COc1ccc(C(NC(=O)Cc2cc(OC)c(C(=O)O)cc2Br)c2c(C)cccc2-c2ccccc2)cc1. The molecule has 0 fully saturated rings. The Morgan fingerprint density at radius 1 is 0.921 bits per heavy atom. The van der Waals surface area contributed by atoms with Crippen LogP contribution in [0, 0.1) is 6.92 Å². The Kier molecular flexibility index (Phi) is 8.48. The Morgan fingerprint density at radius 3 is 2.26 bits per heavy atom. The molecule has 38 heavy (non-hydrogen) atoms. The van der Waals surface area contributed by atoms with Crippen molar-refractivity contribution in [3.63, 3.8) is 0 Å². The highest BCUT2D eigenvalue weighted by Gasteiger charge is 2.24.